The Kier molecular flexibility index (Phi) is 2.79. The molecule has 1 aromatic rings. The van der Waals surface area contributed by atoms with Gasteiger partial charge in [-0.3, -0.25) is 0 Å². The van der Waals surface area contributed by atoms with Crippen molar-refractivity contribution in [1.82, 2.24) is 9.36 Å². The molecule has 12 heavy (non-hydrogen) atoms. The van der Waals surface area contributed by atoms with Crippen LogP contribution in [0.2, 0.25) is 0 Å². The summed E-state index contributed by atoms with van der Waals surface area (Å²) in [6, 6.07) is 0. The van der Waals surface area contributed by atoms with Gasteiger partial charge in [0.25, 0.3) is 0 Å². The maximum atomic E-state index is 11.2. The van der Waals surface area contributed by atoms with E-state index < -0.39 is 9.84 Å². The highest BCUT2D eigenvalue weighted by Crippen LogP contribution is 2.13. The van der Waals surface area contributed by atoms with Crippen molar-refractivity contribution in [2.45, 2.75) is 24.6 Å². The van der Waals surface area contributed by atoms with E-state index >= 15 is 0 Å². The largest absolute Gasteiger partial charge is 0.228 e. The normalized spacial score (nSPS) is 11.8. The van der Waals surface area contributed by atoms with E-state index in [0.717, 1.165) is 11.5 Å². The van der Waals surface area contributed by atoms with Crippen LogP contribution < -0.4 is 0 Å². The third-order valence-corrected chi connectivity index (χ3v) is 4.33. The van der Waals surface area contributed by atoms with Crippen LogP contribution in [0, 0.1) is 0 Å². The second-order valence-corrected chi connectivity index (χ2v) is 5.44. The smallest absolute Gasteiger partial charge is 0.221 e. The Morgan fingerprint density at radius 3 is 2.50 bits per heavy atom. The van der Waals surface area contributed by atoms with Crippen molar-refractivity contribution in [3.8, 4) is 0 Å². The SMILES string of the molecule is CCc1nsc(S(=O)(=O)CC)n1. The van der Waals surface area contributed by atoms with E-state index in [0.29, 0.717) is 12.2 Å². The average Bonchev–Trinajstić information content (AvgIpc) is 2.52. The van der Waals surface area contributed by atoms with E-state index in [2.05, 4.69) is 9.36 Å². The number of rotatable bonds is 3. The van der Waals surface area contributed by atoms with Crippen molar-refractivity contribution in [3.63, 3.8) is 0 Å². The fourth-order valence-electron chi connectivity index (χ4n) is 0.631. The van der Waals surface area contributed by atoms with Gasteiger partial charge in [-0.05, 0) is 11.5 Å². The van der Waals surface area contributed by atoms with Crippen molar-refractivity contribution in [2.75, 3.05) is 5.75 Å². The van der Waals surface area contributed by atoms with Gasteiger partial charge < -0.3 is 0 Å². The Balaban J connectivity index is 3.05. The number of aromatic nitrogens is 2. The lowest BCUT2D eigenvalue weighted by Gasteiger charge is -1.91. The molecule has 1 rings (SSSR count). The summed E-state index contributed by atoms with van der Waals surface area (Å²) in [6.07, 6.45) is 0.676. The predicted octanol–water partition coefficient (Wildman–Crippen LogP) is 0.894. The second kappa shape index (κ2) is 3.49. The third-order valence-electron chi connectivity index (χ3n) is 1.41. The van der Waals surface area contributed by atoms with E-state index in [1.54, 1.807) is 6.92 Å². The highest BCUT2D eigenvalue weighted by atomic mass is 32.2. The molecule has 0 aliphatic carbocycles. The highest BCUT2D eigenvalue weighted by molar-refractivity contribution is 7.93. The van der Waals surface area contributed by atoms with Gasteiger partial charge in [0, 0.05) is 6.42 Å². The maximum Gasteiger partial charge on any atom is 0.228 e. The molecule has 4 nitrogen and oxygen atoms in total. The Labute approximate surface area is 75.7 Å². The predicted molar refractivity (Wildman–Crippen MR) is 47.0 cm³/mol. The molecule has 1 aromatic heterocycles. The number of hydrogen-bond donors (Lipinski definition) is 0. The van der Waals surface area contributed by atoms with E-state index in [1.165, 1.54) is 0 Å². The van der Waals surface area contributed by atoms with Crippen molar-refractivity contribution in [1.29, 1.82) is 0 Å². The van der Waals surface area contributed by atoms with Gasteiger partial charge in [0.15, 0.2) is 0 Å². The molecule has 0 saturated carbocycles. The van der Waals surface area contributed by atoms with Crippen molar-refractivity contribution in [2.24, 2.45) is 0 Å². The minimum Gasteiger partial charge on any atom is -0.221 e. The zero-order valence-corrected chi connectivity index (χ0v) is 8.57. The summed E-state index contributed by atoms with van der Waals surface area (Å²) in [7, 11) is -3.14. The van der Waals surface area contributed by atoms with Crippen LogP contribution in [-0.4, -0.2) is 23.5 Å². The fraction of sp³-hybridized carbons (Fsp3) is 0.667. The van der Waals surface area contributed by atoms with Crippen LogP contribution in [0.25, 0.3) is 0 Å². The lowest BCUT2D eigenvalue weighted by Crippen LogP contribution is -2.02. The van der Waals surface area contributed by atoms with Crippen molar-refractivity contribution >= 4 is 21.4 Å². The Bertz CT molecular complexity index is 355. The zero-order chi connectivity index (χ0) is 9.19. The molecule has 0 amide bonds. The first-order valence-electron chi connectivity index (χ1n) is 3.65. The van der Waals surface area contributed by atoms with Gasteiger partial charge in [0.2, 0.25) is 14.2 Å². The molecule has 0 bridgehead atoms. The van der Waals surface area contributed by atoms with Gasteiger partial charge >= 0.3 is 0 Å². The van der Waals surface area contributed by atoms with Gasteiger partial charge in [-0.15, -0.1) is 0 Å². The summed E-state index contributed by atoms with van der Waals surface area (Å²) < 4.78 is 26.5. The lowest BCUT2D eigenvalue weighted by molar-refractivity contribution is 0.596. The number of nitrogens with zero attached hydrogens (tertiary/aromatic N) is 2. The number of aryl methyl sites for hydroxylation is 1. The van der Waals surface area contributed by atoms with E-state index in [4.69, 9.17) is 0 Å². The molecule has 1 heterocycles. The summed E-state index contributed by atoms with van der Waals surface area (Å²) in [4.78, 5) is 3.89. The van der Waals surface area contributed by atoms with E-state index in [-0.39, 0.29) is 10.1 Å². The fourth-order valence-corrected chi connectivity index (χ4v) is 2.54. The van der Waals surface area contributed by atoms with Crippen LogP contribution in [0.3, 0.4) is 0 Å². The van der Waals surface area contributed by atoms with Gasteiger partial charge in [-0.25, -0.2) is 13.4 Å². The van der Waals surface area contributed by atoms with Gasteiger partial charge in [0.05, 0.1) is 5.75 Å². The molecule has 68 valence electrons. The highest BCUT2D eigenvalue weighted by Gasteiger charge is 2.16. The summed E-state index contributed by atoms with van der Waals surface area (Å²) in [6.45, 7) is 3.49. The molecule has 0 atom stereocenters. The summed E-state index contributed by atoms with van der Waals surface area (Å²) in [5.41, 5.74) is 0. The minimum atomic E-state index is -3.14. The minimum absolute atomic E-state index is 0.0886. The first-order valence-corrected chi connectivity index (χ1v) is 6.08. The van der Waals surface area contributed by atoms with E-state index in [9.17, 15) is 8.42 Å². The lowest BCUT2D eigenvalue weighted by atomic mass is 10.5. The van der Waals surface area contributed by atoms with Gasteiger partial charge in [-0.1, -0.05) is 13.8 Å². The molecular formula is C6H10N2O2S2. The molecule has 0 saturated heterocycles. The van der Waals surface area contributed by atoms with Crippen LogP contribution >= 0.6 is 11.5 Å². The molecule has 0 N–H and O–H groups in total. The number of sulfone groups is 1. The van der Waals surface area contributed by atoms with E-state index in [1.807, 2.05) is 6.92 Å². The molecule has 0 radical (unpaired) electrons. The van der Waals surface area contributed by atoms with Crippen molar-refractivity contribution < 1.29 is 8.42 Å². The van der Waals surface area contributed by atoms with Crippen LogP contribution in [0.5, 0.6) is 0 Å². The second-order valence-electron chi connectivity index (χ2n) is 2.23. The first-order chi connectivity index (χ1) is 5.60. The summed E-state index contributed by atoms with van der Waals surface area (Å²) >= 11 is 0.957. The van der Waals surface area contributed by atoms with Crippen molar-refractivity contribution in [3.05, 3.63) is 5.82 Å². The molecular weight excluding hydrogens is 196 g/mol. The van der Waals surface area contributed by atoms with Gasteiger partial charge in [0.1, 0.15) is 5.82 Å². The Morgan fingerprint density at radius 2 is 2.08 bits per heavy atom. The van der Waals surface area contributed by atoms with Crippen LogP contribution in [0.15, 0.2) is 4.34 Å². The maximum absolute atomic E-state index is 11.2. The van der Waals surface area contributed by atoms with Crippen LogP contribution in [0.4, 0.5) is 0 Å². The van der Waals surface area contributed by atoms with Gasteiger partial charge in [-0.2, -0.15) is 4.37 Å². The topological polar surface area (TPSA) is 59.9 Å². The Hall–Kier alpha value is -0.490. The molecule has 0 spiro atoms. The zero-order valence-electron chi connectivity index (χ0n) is 6.94. The molecule has 0 fully saturated rings. The molecule has 0 aromatic carbocycles. The summed E-state index contributed by atoms with van der Waals surface area (Å²) in [5, 5.41) is 0. The monoisotopic (exact) mass is 206 g/mol. The quantitative estimate of drug-likeness (QED) is 0.737. The number of hydrogen-bond acceptors (Lipinski definition) is 5. The summed E-state index contributed by atoms with van der Waals surface area (Å²) in [5.74, 6) is 0.692. The standard InChI is InChI=1S/C6H10N2O2S2/c1-3-5-7-6(11-8-5)12(9,10)4-2/h3-4H2,1-2H3. The third kappa shape index (κ3) is 1.81. The molecule has 6 heteroatoms. The molecule has 0 aliphatic heterocycles. The van der Waals surface area contributed by atoms with Crippen LogP contribution in [-0.2, 0) is 16.3 Å². The molecule has 0 unspecified atom stereocenters. The van der Waals surface area contributed by atoms with Crippen LogP contribution in [0.1, 0.15) is 19.7 Å². The average molecular weight is 206 g/mol. The first kappa shape index (κ1) is 9.60. The Morgan fingerprint density at radius 1 is 1.42 bits per heavy atom. The molecule has 0 aliphatic rings.